The second kappa shape index (κ2) is 2.93. The van der Waals surface area contributed by atoms with Crippen LogP contribution in [0.3, 0.4) is 0 Å². The van der Waals surface area contributed by atoms with E-state index in [0.29, 0.717) is 10.8 Å². The van der Waals surface area contributed by atoms with Gasteiger partial charge in [0.15, 0.2) is 0 Å². The lowest BCUT2D eigenvalue weighted by Crippen LogP contribution is -2.14. The van der Waals surface area contributed by atoms with Gasteiger partial charge in [0.2, 0.25) is 0 Å². The monoisotopic (exact) mass is 152 g/mol. The largest absolute Gasteiger partial charge is 0.123 e. The summed E-state index contributed by atoms with van der Waals surface area (Å²) in [6, 6.07) is 0. The van der Waals surface area contributed by atoms with Gasteiger partial charge in [-0.15, -0.1) is 23.2 Å². The molecule has 0 nitrogen and oxygen atoms in total. The lowest BCUT2D eigenvalue weighted by Gasteiger charge is -2.19. The van der Waals surface area contributed by atoms with Crippen molar-refractivity contribution in [1.82, 2.24) is 0 Å². The van der Waals surface area contributed by atoms with Crippen molar-refractivity contribution < 1.29 is 0 Å². The SMILES string of the molecule is Cl[C@H]1CCC[C@H](Cl)C1. The highest BCUT2D eigenvalue weighted by molar-refractivity contribution is 6.23. The van der Waals surface area contributed by atoms with Gasteiger partial charge in [0, 0.05) is 10.8 Å². The van der Waals surface area contributed by atoms with Crippen LogP contribution in [-0.2, 0) is 0 Å². The molecule has 0 unspecified atom stereocenters. The van der Waals surface area contributed by atoms with E-state index >= 15 is 0 Å². The van der Waals surface area contributed by atoms with Crippen LogP contribution in [0.25, 0.3) is 0 Å². The van der Waals surface area contributed by atoms with E-state index < -0.39 is 0 Å². The zero-order valence-corrected chi connectivity index (χ0v) is 6.25. The first-order valence-electron chi connectivity index (χ1n) is 3.07. The van der Waals surface area contributed by atoms with Crippen LogP contribution in [0.4, 0.5) is 0 Å². The van der Waals surface area contributed by atoms with Gasteiger partial charge in [-0.1, -0.05) is 6.42 Å². The van der Waals surface area contributed by atoms with Crippen LogP contribution in [0.2, 0.25) is 0 Å². The number of alkyl halides is 2. The molecule has 1 fully saturated rings. The Hall–Kier alpha value is 0.580. The topological polar surface area (TPSA) is 0 Å². The van der Waals surface area contributed by atoms with Gasteiger partial charge < -0.3 is 0 Å². The molecule has 1 aliphatic carbocycles. The lowest BCUT2D eigenvalue weighted by molar-refractivity contribution is 0.517. The fourth-order valence-electron chi connectivity index (χ4n) is 1.07. The molecule has 2 atom stereocenters. The molecule has 0 aliphatic heterocycles. The number of rotatable bonds is 0. The normalized spacial score (nSPS) is 39.8. The maximum absolute atomic E-state index is 5.83. The third-order valence-corrected chi connectivity index (χ3v) is 2.34. The molecule has 0 aromatic heterocycles. The van der Waals surface area contributed by atoms with Gasteiger partial charge >= 0.3 is 0 Å². The van der Waals surface area contributed by atoms with Crippen LogP contribution < -0.4 is 0 Å². The van der Waals surface area contributed by atoms with E-state index in [9.17, 15) is 0 Å². The summed E-state index contributed by atoms with van der Waals surface area (Å²) in [4.78, 5) is 0. The molecule has 48 valence electrons. The van der Waals surface area contributed by atoms with Crippen molar-refractivity contribution >= 4 is 23.2 Å². The lowest BCUT2D eigenvalue weighted by atomic mass is 10.00. The van der Waals surface area contributed by atoms with E-state index in [0.717, 1.165) is 19.3 Å². The maximum atomic E-state index is 5.83. The summed E-state index contributed by atoms with van der Waals surface area (Å²) in [7, 11) is 0. The van der Waals surface area contributed by atoms with Gasteiger partial charge in [0.1, 0.15) is 0 Å². The van der Waals surface area contributed by atoms with Crippen molar-refractivity contribution in [3.8, 4) is 0 Å². The highest BCUT2D eigenvalue weighted by atomic mass is 35.5. The highest BCUT2D eigenvalue weighted by Gasteiger charge is 2.17. The van der Waals surface area contributed by atoms with Crippen LogP contribution in [0.1, 0.15) is 25.7 Å². The molecule has 0 bridgehead atoms. The smallest absolute Gasteiger partial charge is 0.0350 e. The van der Waals surface area contributed by atoms with Gasteiger partial charge in [-0.25, -0.2) is 0 Å². The molecule has 1 saturated carbocycles. The fraction of sp³-hybridized carbons (Fsp3) is 1.00. The summed E-state index contributed by atoms with van der Waals surface area (Å²) >= 11 is 11.7. The molecule has 0 heterocycles. The van der Waals surface area contributed by atoms with E-state index in [-0.39, 0.29) is 0 Å². The average molecular weight is 153 g/mol. The van der Waals surface area contributed by atoms with E-state index in [2.05, 4.69) is 0 Å². The maximum Gasteiger partial charge on any atom is 0.0350 e. The van der Waals surface area contributed by atoms with Crippen molar-refractivity contribution in [2.75, 3.05) is 0 Å². The minimum absolute atomic E-state index is 0.353. The molecular formula is C6H10Cl2. The van der Waals surface area contributed by atoms with E-state index in [4.69, 9.17) is 23.2 Å². The van der Waals surface area contributed by atoms with Gasteiger partial charge in [-0.2, -0.15) is 0 Å². The van der Waals surface area contributed by atoms with E-state index in [1.807, 2.05) is 0 Å². The zero-order valence-electron chi connectivity index (χ0n) is 4.74. The molecule has 0 radical (unpaired) electrons. The predicted molar refractivity (Wildman–Crippen MR) is 37.8 cm³/mol. The molecule has 1 rings (SSSR count). The molecule has 2 heteroatoms. The molecule has 0 aromatic rings. The van der Waals surface area contributed by atoms with E-state index in [1.54, 1.807) is 0 Å². The summed E-state index contributed by atoms with van der Waals surface area (Å²) in [6.45, 7) is 0. The molecule has 0 spiro atoms. The van der Waals surface area contributed by atoms with Gasteiger partial charge in [0.05, 0.1) is 0 Å². The molecule has 0 saturated heterocycles. The summed E-state index contributed by atoms with van der Waals surface area (Å²) in [6.07, 6.45) is 4.53. The first-order valence-corrected chi connectivity index (χ1v) is 3.94. The Morgan fingerprint density at radius 2 is 1.50 bits per heavy atom. The standard InChI is InChI=1S/C6H10Cl2/c7-5-2-1-3-6(8)4-5/h5-6H,1-4H2/t5-,6-/m0/s1. The van der Waals surface area contributed by atoms with Gasteiger partial charge in [-0.3, -0.25) is 0 Å². The molecule has 0 N–H and O–H groups in total. The summed E-state index contributed by atoms with van der Waals surface area (Å²) < 4.78 is 0. The Labute approximate surface area is 60.2 Å². The Balaban J connectivity index is 2.23. The Morgan fingerprint density at radius 1 is 1.00 bits per heavy atom. The van der Waals surface area contributed by atoms with Gasteiger partial charge in [0.25, 0.3) is 0 Å². The van der Waals surface area contributed by atoms with Crippen LogP contribution in [0, 0.1) is 0 Å². The predicted octanol–water partition coefficient (Wildman–Crippen LogP) is 2.78. The summed E-state index contributed by atoms with van der Waals surface area (Å²) in [5.74, 6) is 0. The molecule has 0 amide bonds. The van der Waals surface area contributed by atoms with Crippen LogP contribution >= 0.6 is 23.2 Å². The molecular weight excluding hydrogens is 143 g/mol. The second-order valence-corrected chi connectivity index (χ2v) is 3.60. The van der Waals surface area contributed by atoms with Gasteiger partial charge in [-0.05, 0) is 19.3 Å². The van der Waals surface area contributed by atoms with Crippen molar-refractivity contribution in [3.05, 3.63) is 0 Å². The Bertz CT molecular complexity index is 64.9. The minimum Gasteiger partial charge on any atom is -0.123 e. The Kier molecular flexibility index (Phi) is 2.45. The number of halogens is 2. The van der Waals surface area contributed by atoms with Crippen LogP contribution in [0.5, 0.6) is 0 Å². The fourth-order valence-corrected chi connectivity index (χ4v) is 1.90. The number of hydrogen-bond acceptors (Lipinski definition) is 0. The molecule has 0 aromatic carbocycles. The zero-order chi connectivity index (χ0) is 5.98. The summed E-state index contributed by atoms with van der Waals surface area (Å²) in [5.41, 5.74) is 0. The van der Waals surface area contributed by atoms with Crippen LogP contribution in [-0.4, -0.2) is 10.8 Å². The minimum atomic E-state index is 0.353. The quantitative estimate of drug-likeness (QED) is 0.469. The summed E-state index contributed by atoms with van der Waals surface area (Å²) in [5, 5.41) is 0.706. The average Bonchev–Trinajstić information content (AvgIpc) is 1.64. The van der Waals surface area contributed by atoms with Crippen LogP contribution in [0.15, 0.2) is 0 Å². The third-order valence-electron chi connectivity index (χ3n) is 1.55. The first kappa shape index (κ1) is 6.70. The molecule has 8 heavy (non-hydrogen) atoms. The highest BCUT2D eigenvalue weighted by Crippen LogP contribution is 2.25. The Morgan fingerprint density at radius 3 is 1.75 bits per heavy atom. The van der Waals surface area contributed by atoms with Crippen molar-refractivity contribution in [2.24, 2.45) is 0 Å². The molecule has 1 aliphatic rings. The first-order chi connectivity index (χ1) is 3.79. The van der Waals surface area contributed by atoms with Crippen molar-refractivity contribution in [3.63, 3.8) is 0 Å². The van der Waals surface area contributed by atoms with Crippen molar-refractivity contribution in [2.45, 2.75) is 36.4 Å². The number of hydrogen-bond donors (Lipinski definition) is 0. The third kappa shape index (κ3) is 1.83. The second-order valence-electron chi connectivity index (χ2n) is 2.36. The van der Waals surface area contributed by atoms with Crippen molar-refractivity contribution in [1.29, 1.82) is 0 Å². The van der Waals surface area contributed by atoms with E-state index in [1.165, 1.54) is 6.42 Å².